The Balaban J connectivity index is 1.06. The zero-order chi connectivity index (χ0) is 30.5. The van der Waals surface area contributed by atoms with Crippen LogP contribution in [0.25, 0.3) is 22.2 Å². The first-order chi connectivity index (χ1) is 21.8. The van der Waals surface area contributed by atoms with Crippen LogP contribution in [0.1, 0.15) is 50.3 Å². The molecule has 4 N–H and O–H groups in total. The number of nitrogens with zero attached hydrogens (tertiary/aromatic N) is 1. The largest absolute Gasteiger partial charge is 0.465 e. The first-order valence-electron chi connectivity index (χ1n) is 15.8. The number of halogens is 2. The fourth-order valence-electron chi connectivity index (χ4n) is 7.57. The lowest BCUT2D eigenvalue weighted by Crippen LogP contribution is -2.35. The number of amides is 2. The molecule has 2 saturated carbocycles. The van der Waals surface area contributed by atoms with Gasteiger partial charge in [0.15, 0.2) is 0 Å². The van der Waals surface area contributed by atoms with Gasteiger partial charge in [0.25, 0.3) is 0 Å². The van der Waals surface area contributed by atoms with Crippen LogP contribution in [-0.4, -0.2) is 41.6 Å². The van der Waals surface area contributed by atoms with Gasteiger partial charge in [0.05, 0.1) is 23.3 Å². The SMILES string of the molecule is O=C(Nc1ccc2c(c1)OC(c1cc(F)cc(F)c1)n1c-2cc2cc(NC(=O)[C@@H]3CC4(CC4)CN3)ccc21)[C@@H]1CC2(CC2)CN1. The Morgan fingerprint density at radius 2 is 1.38 bits per heavy atom. The highest BCUT2D eigenvalue weighted by Crippen LogP contribution is 2.53. The Labute approximate surface area is 258 Å². The highest BCUT2D eigenvalue weighted by molar-refractivity contribution is 5.99. The second kappa shape index (κ2) is 9.61. The highest BCUT2D eigenvalue weighted by atomic mass is 19.1. The molecule has 3 atom stereocenters. The maximum Gasteiger partial charge on any atom is 0.241 e. The van der Waals surface area contributed by atoms with Crippen molar-refractivity contribution >= 4 is 34.1 Å². The van der Waals surface area contributed by atoms with Crippen molar-refractivity contribution in [1.82, 2.24) is 15.2 Å². The summed E-state index contributed by atoms with van der Waals surface area (Å²) in [7, 11) is 0. The molecule has 5 aliphatic rings. The molecule has 3 aliphatic heterocycles. The van der Waals surface area contributed by atoms with Crippen molar-refractivity contribution in [2.45, 2.75) is 56.8 Å². The molecule has 2 spiro atoms. The van der Waals surface area contributed by atoms with E-state index < -0.39 is 17.9 Å². The van der Waals surface area contributed by atoms with Crippen molar-refractivity contribution in [2.75, 3.05) is 23.7 Å². The predicted molar refractivity (Wildman–Crippen MR) is 166 cm³/mol. The Bertz CT molecular complexity index is 1890. The Hall–Kier alpha value is -4.28. The normalized spacial score (nSPS) is 24.7. The first kappa shape index (κ1) is 27.1. The number of fused-ring (bicyclic) bond motifs is 5. The quantitative estimate of drug-likeness (QED) is 0.233. The van der Waals surface area contributed by atoms with E-state index >= 15 is 0 Å². The molecule has 2 amide bonds. The van der Waals surface area contributed by atoms with Crippen LogP contribution in [0.4, 0.5) is 20.2 Å². The minimum Gasteiger partial charge on any atom is -0.465 e. The molecule has 1 aromatic heterocycles. The van der Waals surface area contributed by atoms with Gasteiger partial charge in [-0.2, -0.15) is 0 Å². The number of hydrogen-bond acceptors (Lipinski definition) is 5. The van der Waals surface area contributed by atoms with Gasteiger partial charge in [-0.1, -0.05) is 0 Å². The summed E-state index contributed by atoms with van der Waals surface area (Å²) in [6.07, 6.45) is 5.52. The summed E-state index contributed by atoms with van der Waals surface area (Å²) >= 11 is 0. The van der Waals surface area contributed by atoms with Crippen molar-refractivity contribution in [2.24, 2.45) is 10.8 Å². The van der Waals surface area contributed by atoms with Crippen molar-refractivity contribution < 1.29 is 23.1 Å². The Kier molecular flexibility index (Phi) is 5.78. The van der Waals surface area contributed by atoms with Crippen molar-refractivity contribution in [1.29, 1.82) is 0 Å². The van der Waals surface area contributed by atoms with Crippen LogP contribution in [0.15, 0.2) is 60.7 Å². The monoisotopic (exact) mass is 609 g/mol. The summed E-state index contributed by atoms with van der Waals surface area (Å²) in [4.78, 5) is 26.1. The fourth-order valence-corrected chi connectivity index (χ4v) is 7.57. The topological polar surface area (TPSA) is 96.4 Å². The van der Waals surface area contributed by atoms with Crippen LogP contribution in [0.3, 0.4) is 0 Å². The van der Waals surface area contributed by atoms with E-state index in [1.807, 2.05) is 41.0 Å². The van der Waals surface area contributed by atoms with Crippen molar-refractivity contribution in [3.05, 3.63) is 77.9 Å². The third-order valence-electron chi connectivity index (χ3n) is 10.5. The third kappa shape index (κ3) is 4.69. The van der Waals surface area contributed by atoms with Gasteiger partial charge < -0.3 is 30.6 Å². The van der Waals surface area contributed by atoms with Crippen molar-refractivity contribution in [3.63, 3.8) is 0 Å². The zero-order valence-electron chi connectivity index (χ0n) is 24.6. The minimum absolute atomic E-state index is 0.0430. The molecule has 2 saturated heterocycles. The smallest absolute Gasteiger partial charge is 0.241 e. The van der Waals surface area contributed by atoms with Crippen LogP contribution in [-0.2, 0) is 9.59 Å². The van der Waals surface area contributed by atoms with E-state index in [0.717, 1.165) is 54.2 Å². The van der Waals surface area contributed by atoms with Gasteiger partial charge >= 0.3 is 0 Å². The number of anilines is 2. The van der Waals surface area contributed by atoms with Crippen LogP contribution >= 0.6 is 0 Å². The predicted octanol–water partition coefficient (Wildman–Crippen LogP) is 5.69. The molecule has 1 unspecified atom stereocenters. The number of carbonyl (C=O) groups is 2. The summed E-state index contributed by atoms with van der Waals surface area (Å²) in [5, 5.41) is 13.7. The maximum atomic E-state index is 14.5. The van der Waals surface area contributed by atoms with Crippen LogP contribution in [0.5, 0.6) is 5.75 Å². The zero-order valence-corrected chi connectivity index (χ0v) is 24.6. The lowest BCUT2D eigenvalue weighted by atomic mass is 10.0. The number of benzene rings is 3. The van der Waals surface area contributed by atoms with Crippen LogP contribution < -0.4 is 26.0 Å². The molecule has 0 radical (unpaired) electrons. The summed E-state index contributed by atoms with van der Waals surface area (Å²) in [5.74, 6) is -1.03. The van der Waals surface area contributed by atoms with E-state index in [2.05, 4.69) is 21.3 Å². The molecule has 4 heterocycles. The molecular formula is C35H33F2N5O3. The van der Waals surface area contributed by atoms with Gasteiger partial charge in [-0.3, -0.25) is 9.59 Å². The van der Waals surface area contributed by atoms with Crippen molar-refractivity contribution in [3.8, 4) is 17.0 Å². The second-order valence-electron chi connectivity index (χ2n) is 13.8. The Morgan fingerprint density at radius 1 is 0.778 bits per heavy atom. The molecule has 4 fully saturated rings. The average molecular weight is 610 g/mol. The lowest BCUT2D eigenvalue weighted by Gasteiger charge is -2.30. The molecule has 230 valence electrons. The number of rotatable bonds is 5. The summed E-state index contributed by atoms with van der Waals surface area (Å²) in [5.41, 5.74) is 4.54. The molecule has 4 aromatic rings. The fraction of sp³-hybridized carbons (Fsp3) is 0.371. The number of nitrogens with one attached hydrogen (secondary N) is 4. The van der Waals surface area contributed by atoms with E-state index in [9.17, 15) is 18.4 Å². The molecule has 3 aromatic carbocycles. The Morgan fingerprint density at radius 3 is 1.98 bits per heavy atom. The van der Waals surface area contributed by atoms with E-state index in [0.29, 0.717) is 28.1 Å². The number of hydrogen-bond donors (Lipinski definition) is 4. The third-order valence-corrected chi connectivity index (χ3v) is 10.5. The van der Waals surface area contributed by atoms with Crippen LogP contribution in [0, 0.1) is 22.5 Å². The first-order valence-corrected chi connectivity index (χ1v) is 15.8. The van der Waals surface area contributed by atoms with Gasteiger partial charge in [0, 0.05) is 53.1 Å². The number of aromatic nitrogens is 1. The standard InChI is InChI=1S/C35H33F2N5O3/c36-21-9-20(10-22(37)13-21)33-42-28-4-2-23(40-31(43)26-15-34(5-6-34)17-38-26)11-19(28)12-29(42)25-3-1-24(14-30(25)45-33)41-32(44)27-16-35(7-8-35)18-39-27/h1-4,9-14,26-27,33,38-39H,5-8,15-18H2,(H,40,43)(H,41,44)/t26-,27-,33?/m0/s1. The van der Waals surface area contributed by atoms with Gasteiger partial charge in [0.1, 0.15) is 17.4 Å². The minimum atomic E-state index is -0.870. The number of ether oxygens (including phenoxy) is 1. The molecule has 9 rings (SSSR count). The lowest BCUT2D eigenvalue weighted by molar-refractivity contribution is -0.118. The van der Waals surface area contributed by atoms with Crippen LogP contribution in [0.2, 0.25) is 0 Å². The summed E-state index contributed by atoms with van der Waals surface area (Å²) in [6.45, 7) is 1.76. The summed E-state index contributed by atoms with van der Waals surface area (Å²) < 4.78 is 37.3. The molecule has 8 nitrogen and oxygen atoms in total. The van der Waals surface area contributed by atoms with Gasteiger partial charge in [-0.15, -0.1) is 0 Å². The highest BCUT2D eigenvalue weighted by Gasteiger charge is 2.50. The average Bonchev–Trinajstić information content (AvgIpc) is 3.77. The second-order valence-corrected chi connectivity index (χ2v) is 13.8. The number of carbonyl (C=O) groups excluding carboxylic acids is 2. The van der Waals surface area contributed by atoms with Gasteiger partial charge in [0.2, 0.25) is 18.0 Å². The van der Waals surface area contributed by atoms with Gasteiger partial charge in [-0.25, -0.2) is 8.78 Å². The maximum absolute atomic E-state index is 14.5. The van der Waals surface area contributed by atoms with E-state index in [4.69, 9.17) is 4.74 Å². The molecule has 0 bridgehead atoms. The molecular weight excluding hydrogens is 576 g/mol. The van der Waals surface area contributed by atoms with Gasteiger partial charge in [-0.05, 0) is 97.9 Å². The van der Waals surface area contributed by atoms with E-state index in [-0.39, 0.29) is 29.3 Å². The summed E-state index contributed by atoms with van der Waals surface area (Å²) in [6, 6.07) is 16.1. The molecule has 2 aliphatic carbocycles. The van der Waals surface area contributed by atoms with E-state index in [1.54, 1.807) is 6.07 Å². The molecule has 10 heteroatoms. The molecule has 45 heavy (non-hydrogen) atoms. The van der Waals surface area contributed by atoms with E-state index in [1.165, 1.54) is 37.8 Å².